The molecule has 8 heteroatoms. The monoisotopic (exact) mass is 344 g/mol. The van der Waals surface area contributed by atoms with Crippen molar-refractivity contribution < 1.29 is 19.0 Å². The second-order valence-corrected chi connectivity index (χ2v) is 5.35. The fourth-order valence-corrected chi connectivity index (χ4v) is 2.30. The van der Waals surface area contributed by atoms with E-state index in [1.165, 1.54) is 6.20 Å². The van der Waals surface area contributed by atoms with Crippen molar-refractivity contribution in [3.8, 4) is 11.5 Å². The maximum atomic E-state index is 12.1. The van der Waals surface area contributed by atoms with Gasteiger partial charge in [0.15, 0.2) is 11.5 Å². The van der Waals surface area contributed by atoms with E-state index in [4.69, 9.17) is 14.2 Å². The SMILES string of the molecule is COCCCNC(=O)c1ccnc(Nc2ccc3c(c2)OCCO3)n1. The maximum Gasteiger partial charge on any atom is 0.270 e. The van der Waals surface area contributed by atoms with Crippen molar-refractivity contribution in [1.29, 1.82) is 0 Å². The number of ether oxygens (including phenoxy) is 3. The number of nitrogens with zero attached hydrogens (tertiary/aromatic N) is 2. The van der Waals surface area contributed by atoms with Crippen LogP contribution in [0.5, 0.6) is 11.5 Å². The van der Waals surface area contributed by atoms with Crippen LogP contribution in [-0.2, 0) is 4.74 Å². The van der Waals surface area contributed by atoms with Crippen molar-refractivity contribution in [3.63, 3.8) is 0 Å². The van der Waals surface area contributed by atoms with Crippen LogP contribution in [0.2, 0.25) is 0 Å². The predicted octanol–water partition coefficient (Wildman–Crippen LogP) is 1.76. The number of fused-ring (bicyclic) bond motifs is 1. The molecule has 2 heterocycles. The molecule has 3 rings (SSSR count). The molecule has 2 N–H and O–H groups in total. The third-order valence-electron chi connectivity index (χ3n) is 3.50. The van der Waals surface area contributed by atoms with Crippen LogP contribution in [0.4, 0.5) is 11.6 Å². The first-order chi connectivity index (χ1) is 12.3. The molecule has 0 unspecified atom stereocenters. The summed E-state index contributed by atoms with van der Waals surface area (Å²) in [4.78, 5) is 20.5. The second kappa shape index (κ2) is 8.29. The number of methoxy groups -OCH3 is 1. The molecule has 1 aliphatic heterocycles. The molecule has 0 fully saturated rings. The maximum absolute atomic E-state index is 12.1. The summed E-state index contributed by atoms with van der Waals surface area (Å²) in [6, 6.07) is 7.05. The van der Waals surface area contributed by atoms with Gasteiger partial charge in [-0.05, 0) is 24.6 Å². The zero-order valence-corrected chi connectivity index (χ0v) is 13.9. The van der Waals surface area contributed by atoms with Crippen LogP contribution in [0.15, 0.2) is 30.5 Å². The quantitative estimate of drug-likeness (QED) is 0.739. The number of hydrogen-bond acceptors (Lipinski definition) is 7. The molecule has 0 saturated heterocycles. The van der Waals surface area contributed by atoms with Crippen molar-refractivity contribution >= 4 is 17.5 Å². The molecule has 0 spiro atoms. The van der Waals surface area contributed by atoms with Crippen LogP contribution < -0.4 is 20.1 Å². The molecule has 2 aromatic rings. The summed E-state index contributed by atoms with van der Waals surface area (Å²) in [7, 11) is 1.63. The Kier molecular flexibility index (Phi) is 5.63. The summed E-state index contributed by atoms with van der Waals surface area (Å²) in [5.41, 5.74) is 1.05. The van der Waals surface area contributed by atoms with E-state index in [2.05, 4.69) is 20.6 Å². The zero-order chi connectivity index (χ0) is 17.5. The van der Waals surface area contributed by atoms with Gasteiger partial charge in [-0.2, -0.15) is 0 Å². The van der Waals surface area contributed by atoms with Gasteiger partial charge in [0.25, 0.3) is 5.91 Å². The first-order valence-electron chi connectivity index (χ1n) is 8.03. The third-order valence-corrected chi connectivity index (χ3v) is 3.50. The number of aromatic nitrogens is 2. The molecule has 1 aromatic carbocycles. The summed E-state index contributed by atoms with van der Waals surface area (Å²) in [5.74, 6) is 1.47. The molecule has 8 nitrogen and oxygen atoms in total. The fraction of sp³-hybridized carbons (Fsp3) is 0.353. The standard InChI is InChI=1S/C17H20N4O4/c1-23-8-2-6-18-16(22)13-5-7-19-17(21-13)20-12-3-4-14-15(11-12)25-10-9-24-14/h3-5,7,11H,2,6,8-10H2,1H3,(H,18,22)(H,19,20,21). The van der Waals surface area contributed by atoms with Gasteiger partial charge >= 0.3 is 0 Å². The summed E-state index contributed by atoms with van der Waals surface area (Å²) in [6.45, 7) is 2.19. The first kappa shape index (κ1) is 17.0. The van der Waals surface area contributed by atoms with Gasteiger partial charge in [0.05, 0.1) is 0 Å². The topological polar surface area (TPSA) is 94.6 Å². The summed E-state index contributed by atoms with van der Waals surface area (Å²) >= 11 is 0. The van der Waals surface area contributed by atoms with Crippen LogP contribution in [0.1, 0.15) is 16.9 Å². The molecule has 1 aromatic heterocycles. The number of carbonyl (C=O) groups is 1. The Balaban J connectivity index is 1.64. The average molecular weight is 344 g/mol. The number of hydrogen-bond donors (Lipinski definition) is 2. The van der Waals surface area contributed by atoms with Crippen molar-refractivity contribution in [2.75, 3.05) is 38.8 Å². The normalized spacial score (nSPS) is 12.5. The first-order valence-corrected chi connectivity index (χ1v) is 8.03. The van der Waals surface area contributed by atoms with E-state index in [1.54, 1.807) is 13.2 Å². The van der Waals surface area contributed by atoms with E-state index in [1.807, 2.05) is 18.2 Å². The number of nitrogens with one attached hydrogen (secondary N) is 2. The number of anilines is 2. The van der Waals surface area contributed by atoms with Crippen molar-refractivity contribution in [2.24, 2.45) is 0 Å². The Bertz CT molecular complexity index is 738. The summed E-state index contributed by atoms with van der Waals surface area (Å²) < 4.78 is 16.0. The van der Waals surface area contributed by atoms with Gasteiger partial charge in [-0.1, -0.05) is 0 Å². The number of benzene rings is 1. The molecule has 132 valence electrons. The van der Waals surface area contributed by atoms with E-state index >= 15 is 0 Å². The summed E-state index contributed by atoms with van der Waals surface area (Å²) in [6.07, 6.45) is 2.28. The Morgan fingerprint density at radius 3 is 2.92 bits per heavy atom. The minimum atomic E-state index is -0.247. The molecule has 1 aliphatic rings. The molecule has 0 saturated carbocycles. The molecule has 1 amide bonds. The summed E-state index contributed by atoms with van der Waals surface area (Å²) in [5, 5.41) is 5.86. The van der Waals surface area contributed by atoms with Crippen molar-refractivity contribution in [1.82, 2.24) is 15.3 Å². The number of carbonyl (C=O) groups excluding carboxylic acids is 1. The van der Waals surface area contributed by atoms with Gasteiger partial charge in [-0.3, -0.25) is 4.79 Å². The van der Waals surface area contributed by atoms with E-state index in [-0.39, 0.29) is 5.91 Å². The second-order valence-electron chi connectivity index (χ2n) is 5.35. The van der Waals surface area contributed by atoms with Crippen LogP contribution in [-0.4, -0.2) is 49.4 Å². The lowest BCUT2D eigenvalue weighted by Gasteiger charge is -2.19. The molecular weight excluding hydrogens is 324 g/mol. The van der Waals surface area contributed by atoms with E-state index in [9.17, 15) is 4.79 Å². The molecule has 25 heavy (non-hydrogen) atoms. The lowest BCUT2D eigenvalue weighted by Crippen LogP contribution is -2.26. The minimum absolute atomic E-state index is 0.247. The highest BCUT2D eigenvalue weighted by molar-refractivity contribution is 5.92. The smallest absolute Gasteiger partial charge is 0.270 e. The Morgan fingerprint density at radius 2 is 2.08 bits per heavy atom. The average Bonchev–Trinajstić information content (AvgIpc) is 2.65. The van der Waals surface area contributed by atoms with Gasteiger partial charge < -0.3 is 24.8 Å². The Hall–Kier alpha value is -2.87. The largest absolute Gasteiger partial charge is 0.486 e. The Morgan fingerprint density at radius 1 is 1.24 bits per heavy atom. The molecule has 0 radical (unpaired) electrons. The van der Waals surface area contributed by atoms with Gasteiger partial charge in [0, 0.05) is 38.2 Å². The predicted molar refractivity (Wildman–Crippen MR) is 91.6 cm³/mol. The molecule has 0 atom stereocenters. The highest BCUT2D eigenvalue weighted by atomic mass is 16.6. The minimum Gasteiger partial charge on any atom is -0.486 e. The molecule has 0 aliphatic carbocycles. The lowest BCUT2D eigenvalue weighted by molar-refractivity contribution is 0.0943. The van der Waals surface area contributed by atoms with Crippen LogP contribution in [0, 0.1) is 0 Å². The van der Waals surface area contributed by atoms with Gasteiger partial charge in [0.1, 0.15) is 18.9 Å². The zero-order valence-electron chi connectivity index (χ0n) is 13.9. The highest BCUT2D eigenvalue weighted by Crippen LogP contribution is 2.33. The fourth-order valence-electron chi connectivity index (χ4n) is 2.30. The van der Waals surface area contributed by atoms with E-state index < -0.39 is 0 Å². The molecular formula is C17H20N4O4. The number of rotatable bonds is 7. The lowest BCUT2D eigenvalue weighted by atomic mass is 10.2. The van der Waals surface area contributed by atoms with Crippen LogP contribution in [0.25, 0.3) is 0 Å². The Labute approximate surface area is 145 Å². The van der Waals surface area contributed by atoms with E-state index in [0.29, 0.717) is 49.5 Å². The number of amides is 1. The van der Waals surface area contributed by atoms with Gasteiger partial charge in [-0.15, -0.1) is 0 Å². The highest BCUT2D eigenvalue weighted by Gasteiger charge is 2.13. The van der Waals surface area contributed by atoms with Crippen LogP contribution in [0.3, 0.4) is 0 Å². The van der Waals surface area contributed by atoms with Crippen LogP contribution >= 0.6 is 0 Å². The van der Waals surface area contributed by atoms with E-state index in [0.717, 1.165) is 12.1 Å². The van der Waals surface area contributed by atoms with Gasteiger partial charge in [0.2, 0.25) is 5.95 Å². The van der Waals surface area contributed by atoms with Crippen molar-refractivity contribution in [2.45, 2.75) is 6.42 Å². The third kappa shape index (κ3) is 4.57. The van der Waals surface area contributed by atoms with Crippen molar-refractivity contribution in [3.05, 3.63) is 36.2 Å². The molecule has 0 bridgehead atoms. The van der Waals surface area contributed by atoms with Gasteiger partial charge in [-0.25, -0.2) is 9.97 Å².